The fourth-order valence-electron chi connectivity index (χ4n) is 3.78. The summed E-state index contributed by atoms with van der Waals surface area (Å²) < 4.78 is 0. The lowest BCUT2D eigenvalue weighted by atomic mass is 9.71. The van der Waals surface area contributed by atoms with E-state index in [-0.39, 0.29) is 11.5 Å². The van der Waals surface area contributed by atoms with Crippen LogP contribution in [0.4, 0.5) is 0 Å². The van der Waals surface area contributed by atoms with Gasteiger partial charge in [-0.3, -0.25) is 16.3 Å². The number of nitrogens with two attached hydrogens (primary N) is 1. The molecule has 1 atom stereocenters. The number of benzene rings is 1. The van der Waals surface area contributed by atoms with Crippen molar-refractivity contribution >= 4 is 0 Å². The molecule has 21 heavy (non-hydrogen) atoms. The van der Waals surface area contributed by atoms with Crippen LogP contribution in [0.25, 0.3) is 0 Å². The van der Waals surface area contributed by atoms with Gasteiger partial charge in [0.15, 0.2) is 0 Å². The predicted molar refractivity (Wildman–Crippen MR) is 85.6 cm³/mol. The van der Waals surface area contributed by atoms with E-state index in [1.54, 1.807) is 0 Å². The first-order valence-corrected chi connectivity index (χ1v) is 7.76. The van der Waals surface area contributed by atoms with Crippen LogP contribution >= 0.6 is 0 Å². The first kappa shape index (κ1) is 14.2. The summed E-state index contributed by atoms with van der Waals surface area (Å²) in [5.41, 5.74) is 5.97. The van der Waals surface area contributed by atoms with Crippen LogP contribution in [0.3, 0.4) is 0 Å². The average molecular weight is 281 g/mol. The maximum absolute atomic E-state index is 5.96. The van der Waals surface area contributed by atoms with Crippen LogP contribution in [-0.2, 0) is 11.8 Å². The van der Waals surface area contributed by atoms with Gasteiger partial charge in [-0.2, -0.15) is 0 Å². The number of aromatic nitrogens is 1. The van der Waals surface area contributed by atoms with Gasteiger partial charge in [-0.1, -0.05) is 43.2 Å². The maximum Gasteiger partial charge on any atom is 0.0347 e. The molecule has 1 fully saturated rings. The van der Waals surface area contributed by atoms with Gasteiger partial charge in [0.1, 0.15) is 0 Å². The molecule has 3 rings (SSSR count). The zero-order valence-electron chi connectivity index (χ0n) is 12.3. The molecular weight excluding hydrogens is 258 g/mol. The molecule has 0 saturated heterocycles. The van der Waals surface area contributed by atoms with Crippen LogP contribution in [0.15, 0.2) is 54.9 Å². The zero-order valence-corrected chi connectivity index (χ0v) is 12.3. The number of nitrogens with zero attached hydrogens (tertiary/aromatic N) is 1. The molecule has 3 nitrogen and oxygen atoms in total. The summed E-state index contributed by atoms with van der Waals surface area (Å²) in [6.07, 6.45) is 9.62. The van der Waals surface area contributed by atoms with E-state index in [1.165, 1.54) is 36.8 Å². The highest BCUT2D eigenvalue weighted by molar-refractivity contribution is 5.30. The maximum atomic E-state index is 5.96. The Morgan fingerprint density at radius 2 is 1.71 bits per heavy atom. The summed E-state index contributed by atoms with van der Waals surface area (Å²) in [7, 11) is 0. The van der Waals surface area contributed by atoms with E-state index in [0.717, 1.165) is 6.42 Å². The third-order valence-corrected chi connectivity index (χ3v) is 4.90. The molecule has 1 aliphatic carbocycles. The monoisotopic (exact) mass is 281 g/mol. The smallest absolute Gasteiger partial charge is 0.0347 e. The minimum atomic E-state index is 0.152. The largest absolute Gasteiger partial charge is 0.271 e. The SMILES string of the molecule is NNC(Cc1ccncc1)C1(c2ccccc2)CCCC1. The van der Waals surface area contributed by atoms with E-state index in [4.69, 9.17) is 5.84 Å². The minimum absolute atomic E-state index is 0.152. The number of pyridine rings is 1. The molecule has 2 aromatic rings. The fourth-order valence-corrected chi connectivity index (χ4v) is 3.78. The summed E-state index contributed by atoms with van der Waals surface area (Å²) in [5.74, 6) is 5.96. The molecule has 3 heteroatoms. The van der Waals surface area contributed by atoms with Crippen LogP contribution < -0.4 is 11.3 Å². The second-order valence-corrected chi connectivity index (χ2v) is 6.01. The second-order valence-electron chi connectivity index (χ2n) is 6.01. The van der Waals surface area contributed by atoms with Crippen LogP contribution in [-0.4, -0.2) is 11.0 Å². The van der Waals surface area contributed by atoms with Gasteiger partial charge in [0.05, 0.1) is 0 Å². The molecule has 1 aliphatic rings. The molecule has 110 valence electrons. The number of rotatable bonds is 5. The Bertz CT molecular complexity index is 547. The second kappa shape index (κ2) is 6.37. The fraction of sp³-hybridized carbons (Fsp3) is 0.389. The van der Waals surface area contributed by atoms with Crippen molar-refractivity contribution < 1.29 is 0 Å². The van der Waals surface area contributed by atoms with Crippen molar-refractivity contribution in [2.45, 2.75) is 43.6 Å². The van der Waals surface area contributed by atoms with Crippen molar-refractivity contribution in [3.63, 3.8) is 0 Å². The third kappa shape index (κ3) is 2.85. The minimum Gasteiger partial charge on any atom is -0.271 e. The summed E-state index contributed by atoms with van der Waals surface area (Å²) in [5, 5.41) is 0. The first-order valence-electron chi connectivity index (χ1n) is 7.76. The van der Waals surface area contributed by atoms with E-state index >= 15 is 0 Å². The molecule has 1 unspecified atom stereocenters. The highest BCUT2D eigenvalue weighted by Crippen LogP contribution is 2.44. The molecule has 0 radical (unpaired) electrons. The number of hydrogen-bond donors (Lipinski definition) is 2. The molecule has 0 spiro atoms. The van der Waals surface area contributed by atoms with Crippen molar-refractivity contribution in [2.24, 2.45) is 5.84 Å². The van der Waals surface area contributed by atoms with Gasteiger partial charge in [-0.15, -0.1) is 0 Å². The van der Waals surface area contributed by atoms with E-state index in [2.05, 4.69) is 52.9 Å². The van der Waals surface area contributed by atoms with Crippen LogP contribution in [0.1, 0.15) is 36.8 Å². The summed E-state index contributed by atoms with van der Waals surface area (Å²) in [4.78, 5) is 4.10. The molecule has 1 aromatic carbocycles. The van der Waals surface area contributed by atoms with Crippen LogP contribution in [0.5, 0.6) is 0 Å². The predicted octanol–water partition coefficient (Wildman–Crippen LogP) is 2.97. The highest BCUT2D eigenvalue weighted by Gasteiger charge is 2.42. The zero-order chi connectivity index (χ0) is 14.5. The average Bonchev–Trinajstić information content (AvgIpc) is 3.05. The van der Waals surface area contributed by atoms with Gasteiger partial charge < -0.3 is 0 Å². The molecule has 0 bridgehead atoms. The summed E-state index contributed by atoms with van der Waals surface area (Å²) in [6, 6.07) is 15.3. The topological polar surface area (TPSA) is 50.9 Å². The molecule has 0 amide bonds. The molecule has 0 aliphatic heterocycles. The first-order chi connectivity index (χ1) is 10.3. The van der Waals surface area contributed by atoms with Crippen LogP contribution in [0, 0.1) is 0 Å². The molecular formula is C18H23N3. The Morgan fingerprint density at radius 3 is 2.33 bits per heavy atom. The van der Waals surface area contributed by atoms with Gasteiger partial charge in [0.2, 0.25) is 0 Å². The Morgan fingerprint density at radius 1 is 1.05 bits per heavy atom. The lowest BCUT2D eigenvalue weighted by Gasteiger charge is -2.38. The van der Waals surface area contributed by atoms with Crippen molar-refractivity contribution in [1.82, 2.24) is 10.4 Å². The van der Waals surface area contributed by atoms with Crippen molar-refractivity contribution in [3.8, 4) is 0 Å². The normalized spacial score (nSPS) is 18.5. The van der Waals surface area contributed by atoms with Crippen molar-refractivity contribution in [2.75, 3.05) is 0 Å². The Kier molecular flexibility index (Phi) is 4.32. The summed E-state index contributed by atoms with van der Waals surface area (Å²) in [6.45, 7) is 0. The van der Waals surface area contributed by atoms with Crippen LogP contribution in [0.2, 0.25) is 0 Å². The molecule has 3 N–H and O–H groups in total. The van der Waals surface area contributed by atoms with E-state index in [1.807, 2.05) is 12.4 Å². The Hall–Kier alpha value is -1.71. The Balaban J connectivity index is 1.92. The molecule has 1 aromatic heterocycles. The van der Waals surface area contributed by atoms with E-state index < -0.39 is 0 Å². The van der Waals surface area contributed by atoms with Gasteiger partial charge >= 0.3 is 0 Å². The molecule has 1 heterocycles. The quantitative estimate of drug-likeness (QED) is 0.654. The van der Waals surface area contributed by atoms with E-state index in [9.17, 15) is 0 Å². The third-order valence-electron chi connectivity index (χ3n) is 4.90. The van der Waals surface area contributed by atoms with Crippen molar-refractivity contribution in [3.05, 3.63) is 66.0 Å². The number of hydrazine groups is 1. The molecule has 1 saturated carbocycles. The highest BCUT2D eigenvalue weighted by atomic mass is 15.2. The van der Waals surface area contributed by atoms with Crippen molar-refractivity contribution in [1.29, 1.82) is 0 Å². The summed E-state index contributed by atoms with van der Waals surface area (Å²) >= 11 is 0. The van der Waals surface area contributed by atoms with E-state index in [0.29, 0.717) is 0 Å². The standard InChI is InChI=1S/C18H23N3/c19-21-17(14-15-8-12-20-13-9-15)18(10-4-5-11-18)16-6-2-1-3-7-16/h1-3,6-9,12-13,17,21H,4-5,10-11,14,19H2. The van der Waals surface area contributed by atoms with Gasteiger partial charge in [0, 0.05) is 23.9 Å². The van der Waals surface area contributed by atoms with Gasteiger partial charge in [-0.25, -0.2) is 0 Å². The lowest BCUT2D eigenvalue weighted by molar-refractivity contribution is 0.296. The number of nitrogens with one attached hydrogen (secondary N) is 1. The van der Waals surface area contributed by atoms with Gasteiger partial charge in [0.25, 0.3) is 0 Å². The number of hydrogen-bond acceptors (Lipinski definition) is 3. The van der Waals surface area contributed by atoms with Gasteiger partial charge in [-0.05, 0) is 42.5 Å². The lowest BCUT2D eigenvalue weighted by Crippen LogP contribution is -2.51. The Labute approximate surface area is 126 Å².